The lowest BCUT2D eigenvalue weighted by Crippen LogP contribution is -2.29. The van der Waals surface area contributed by atoms with Crippen molar-refractivity contribution in [1.29, 1.82) is 0 Å². The predicted octanol–water partition coefficient (Wildman–Crippen LogP) is 2.00. The van der Waals surface area contributed by atoms with Gasteiger partial charge in [-0.05, 0) is 24.3 Å². The molecule has 0 saturated heterocycles. The van der Waals surface area contributed by atoms with Gasteiger partial charge in [-0.25, -0.2) is 14.8 Å². The van der Waals surface area contributed by atoms with Gasteiger partial charge in [-0.1, -0.05) is 0 Å². The van der Waals surface area contributed by atoms with Gasteiger partial charge in [0.05, 0.1) is 5.69 Å². The highest BCUT2D eigenvalue weighted by molar-refractivity contribution is 7.99. The van der Waals surface area contributed by atoms with E-state index in [1.54, 1.807) is 37.0 Å². The zero-order valence-corrected chi connectivity index (χ0v) is 15.4. The van der Waals surface area contributed by atoms with Crippen molar-refractivity contribution < 1.29 is 4.79 Å². The first-order chi connectivity index (χ1) is 12.5. The predicted molar refractivity (Wildman–Crippen MR) is 105 cm³/mol. The Kier molecular flexibility index (Phi) is 5.47. The summed E-state index contributed by atoms with van der Waals surface area (Å²) in [4.78, 5) is 22.4. The maximum absolute atomic E-state index is 11.4. The summed E-state index contributed by atoms with van der Waals surface area (Å²) in [6, 6.07) is 8.83. The summed E-state index contributed by atoms with van der Waals surface area (Å²) in [5.41, 5.74) is 8.54. The van der Waals surface area contributed by atoms with Crippen LogP contribution in [0.25, 0.3) is 11.4 Å². The molecule has 1 aromatic carbocycles. The number of amides is 2. The molecular formula is C17H21N7OS. The fraction of sp³-hybridized carbons (Fsp3) is 0.235. The van der Waals surface area contributed by atoms with Crippen molar-refractivity contribution >= 4 is 29.3 Å². The molecule has 26 heavy (non-hydrogen) atoms. The van der Waals surface area contributed by atoms with Crippen molar-refractivity contribution in [2.45, 2.75) is 11.3 Å². The van der Waals surface area contributed by atoms with Crippen molar-refractivity contribution in [3.8, 4) is 11.4 Å². The molecule has 8 nitrogen and oxygen atoms in total. The number of hydrogen-bond donors (Lipinski definition) is 4. The molecule has 136 valence electrons. The summed E-state index contributed by atoms with van der Waals surface area (Å²) >= 11 is 1.72. The number of rotatable bonds is 5. The summed E-state index contributed by atoms with van der Waals surface area (Å²) in [6.07, 6.45) is 3.91. The van der Waals surface area contributed by atoms with Crippen molar-refractivity contribution in [2.24, 2.45) is 0 Å². The Balaban J connectivity index is 1.71. The zero-order valence-electron chi connectivity index (χ0n) is 14.6. The van der Waals surface area contributed by atoms with Gasteiger partial charge in [0.15, 0.2) is 5.82 Å². The normalized spacial score (nSPS) is 15.6. The molecule has 2 amide bonds. The van der Waals surface area contributed by atoms with Crippen LogP contribution in [0, 0.1) is 0 Å². The molecule has 0 fully saturated rings. The van der Waals surface area contributed by atoms with Crippen LogP contribution >= 0.6 is 11.8 Å². The number of urea groups is 1. The van der Waals surface area contributed by atoms with E-state index < -0.39 is 0 Å². The molecule has 1 unspecified atom stereocenters. The second-order valence-electron chi connectivity index (χ2n) is 5.70. The number of carbonyl (C=O) groups excluding carboxylic acids is 1. The van der Waals surface area contributed by atoms with E-state index in [4.69, 9.17) is 5.73 Å². The summed E-state index contributed by atoms with van der Waals surface area (Å²) in [5, 5.41) is 8.48. The number of nitrogens with zero attached hydrogens (tertiary/aromatic N) is 3. The monoisotopic (exact) mass is 371 g/mol. The zero-order chi connectivity index (χ0) is 18.5. The lowest BCUT2D eigenvalue weighted by Gasteiger charge is -2.20. The fourth-order valence-corrected chi connectivity index (χ4v) is 3.34. The molecule has 1 atom stereocenters. The van der Waals surface area contributed by atoms with E-state index >= 15 is 0 Å². The molecule has 0 bridgehead atoms. The van der Waals surface area contributed by atoms with Gasteiger partial charge in [0.25, 0.3) is 0 Å². The van der Waals surface area contributed by atoms with E-state index in [0.717, 1.165) is 11.3 Å². The Hall–Kier alpha value is -2.94. The van der Waals surface area contributed by atoms with Crippen LogP contribution in [0.15, 0.2) is 42.7 Å². The molecule has 0 saturated carbocycles. The highest BCUT2D eigenvalue weighted by Crippen LogP contribution is 2.24. The van der Waals surface area contributed by atoms with Crippen LogP contribution in [0.2, 0.25) is 0 Å². The van der Waals surface area contributed by atoms with Gasteiger partial charge in [-0.3, -0.25) is 0 Å². The maximum atomic E-state index is 11.4. The molecule has 0 spiro atoms. The third kappa shape index (κ3) is 4.37. The summed E-state index contributed by atoms with van der Waals surface area (Å²) < 4.78 is 0. The van der Waals surface area contributed by atoms with Gasteiger partial charge in [-0.15, -0.1) is 11.8 Å². The third-order valence-corrected chi connectivity index (χ3v) is 4.98. The van der Waals surface area contributed by atoms with E-state index in [1.807, 2.05) is 31.6 Å². The Bertz CT molecular complexity index is 809. The van der Waals surface area contributed by atoms with Crippen molar-refractivity contribution in [3.05, 3.63) is 48.4 Å². The van der Waals surface area contributed by atoms with Crippen LogP contribution in [0.4, 0.5) is 16.3 Å². The second kappa shape index (κ2) is 7.96. The number of nitrogen functional groups attached to an aromatic ring is 1. The lowest BCUT2D eigenvalue weighted by atomic mass is 10.2. The Labute approximate surface area is 156 Å². The molecular weight excluding hydrogens is 350 g/mol. The summed E-state index contributed by atoms with van der Waals surface area (Å²) in [6.45, 7) is 0. The van der Waals surface area contributed by atoms with Gasteiger partial charge in [0, 0.05) is 49.6 Å². The number of nitrogens with two attached hydrogens (primary N) is 1. The largest absolute Gasteiger partial charge is 0.384 e. The molecule has 2 heterocycles. The molecule has 1 aromatic heterocycles. The molecule has 1 aliphatic rings. The van der Waals surface area contributed by atoms with Crippen LogP contribution in [-0.2, 0) is 5.75 Å². The molecule has 3 rings (SSSR count). The van der Waals surface area contributed by atoms with E-state index in [0.29, 0.717) is 23.1 Å². The van der Waals surface area contributed by atoms with Gasteiger partial charge in [0.1, 0.15) is 11.3 Å². The number of thioether (sulfide) groups is 1. The molecule has 9 heteroatoms. The van der Waals surface area contributed by atoms with E-state index in [-0.39, 0.29) is 11.5 Å². The maximum Gasteiger partial charge on any atom is 0.318 e. The van der Waals surface area contributed by atoms with E-state index in [2.05, 4.69) is 30.8 Å². The quantitative estimate of drug-likeness (QED) is 0.636. The standard InChI is InChI=1S/C17H21N7OS/c1-19-16(25)22-12-5-3-11(4-6-12)15-21-13(9-14(18)23-15)10-26-17-20-7-8-24(17)2/h3-9,17,20H,10H2,1-2H3,(H2,18,21,23)(H2,19,22,25). The Morgan fingerprint density at radius 2 is 2.12 bits per heavy atom. The molecule has 2 aromatic rings. The Morgan fingerprint density at radius 1 is 1.35 bits per heavy atom. The number of anilines is 2. The summed E-state index contributed by atoms with van der Waals surface area (Å²) in [7, 11) is 3.58. The number of carbonyl (C=O) groups is 1. The average molecular weight is 371 g/mol. The van der Waals surface area contributed by atoms with Crippen molar-refractivity contribution in [3.63, 3.8) is 0 Å². The molecule has 1 aliphatic heterocycles. The average Bonchev–Trinajstić information content (AvgIpc) is 3.05. The van der Waals surface area contributed by atoms with Crippen LogP contribution in [0.1, 0.15) is 5.69 Å². The number of aromatic nitrogens is 2. The molecule has 0 radical (unpaired) electrons. The lowest BCUT2D eigenvalue weighted by molar-refractivity contribution is 0.254. The first-order valence-electron chi connectivity index (χ1n) is 8.04. The molecule has 0 aliphatic carbocycles. The third-order valence-electron chi connectivity index (χ3n) is 3.73. The highest BCUT2D eigenvalue weighted by atomic mass is 32.2. The number of hydrogen-bond acceptors (Lipinski definition) is 7. The Morgan fingerprint density at radius 3 is 2.77 bits per heavy atom. The number of benzene rings is 1. The van der Waals surface area contributed by atoms with Crippen LogP contribution < -0.4 is 21.7 Å². The van der Waals surface area contributed by atoms with Gasteiger partial charge in [-0.2, -0.15) is 0 Å². The highest BCUT2D eigenvalue weighted by Gasteiger charge is 2.16. The van der Waals surface area contributed by atoms with Crippen LogP contribution in [-0.4, -0.2) is 40.5 Å². The minimum Gasteiger partial charge on any atom is -0.384 e. The smallest absolute Gasteiger partial charge is 0.318 e. The van der Waals surface area contributed by atoms with E-state index in [1.165, 1.54) is 0 Å². The van der Waals surface area contributed by atoms with Gasteiger partial charge in [0.2, 0.25) is 0 Å². The van der Waals surface area contributed by atoms with Gasteiger partial charge < -0.3 is 26.6 Å². The summed E-state index contributed by atoms with van der Waals surface area (Å²) in [5.74, 6) is 1.71. The SMILES string of the molecule is CNC(=O)Nc1ccc(-c2nc(N)cc(CSC3NC=CN3C)n2)cc1. The number of nitrogens with one attached hydrogen (secondary N) is 3. The fourth-order valence-electron chi connectivity index (χ4n) is 2.39. The topological polar surface area (TPSA) is 108 Å². The second-order valence-corrected chi connectivity index (χ2v) is 6.77. The first-order valence-corrected chi connectivity index (χ1v) is 9.09. The van der Waals surface area contributed by atoms with Crippen molar-refractivity contribution in [1.82, 2.24) is 25.5 Å². The van der Waals surface area contributed by atoms with Crippen LogP contribution in [0.5, 0.6) is 0 Å². The van der Waals surface area contributed by atoms with Gasteiger partial charge >= 0.3 is 6.03 Å². The van der Waals surface area contributed by atoms with E-state index in [9.17, 15) is 4.79 Å². The minimum absolute atomic E-state index is 0.185. The first kappa shape index (κ1) is 17.9. The minimum atomic E-state index is -0.266. The van der Waals surface area contributed by atoms with Crippen LogP contribution in [0.3, 0.4) is 0 Å². The molecule has 5 N–H and O–H groups in total. The van der Waals surface area contributed by atoms with Crippen molar-refractivity contribution in [2.75, 3.05) is 25.1 Å².